The first-order valence-electron chi connectivity index (χ1n) is 12.3. The van der Waals surface area contributed by atoms with Gasteiger partial charge in [0, 0.05) is 39.7 Å². The van der Waals surface area contributed by atoms with Gasteiger partial charge in [-0.25, -0.2) is 28.4 Å². The van der Waals surface area contributed by atoms with E-state index in [9.17, 15) is 21.6 Å². The number of halogens is 3. The van der Waals surface area contributed by atoms with Gasteiger partial charge in [-0.05, 0) is 24.6 Å². The van der Waals surface area contributed by atoms with Crippen LogP contribution in [0.4, 0.5) is 19.1 Å². The third-order valence-corrected chi connectivity index (χ3v) is 8.66. The summed E-state index contributed by atoms with van der Waals surface area (Å²) in [6.45, 7) is 8.20. The Hall–Kier alpha value is -2.88. The van der Waals surface area contributed by atoms with Crippen LogP contribution in [-0.4, -0.2) is 62.0 Å². The quantitative estimate of drug-likeness (QED) is 0.214. The summed E-state index contributed by atoms with van der Waals surface area (Å²) in [5, 5.41) is 2.64. The molecule has 39 heavy (non-hydrogen) atoms. The third kappa shape index (κ3) is 8.81. The molecule has 0 spiro atoms. The zero-order chi connectivity index (χ0) is 28.8. The van der Waals surface area contributed by atoms with E-state index in [1.807, 2.05) is 0 Å². The minimum absolute atomic E-state index is 0.132. The lowest BCUT2D eigenvalue weighted by Crippen LogP contribution is -2.35. The SMILES string of the molecule is CCCS(=O)(=O)NC(OCC[Si](C)(C)C)c1nc2ccccc2nc1OC(c1cnc(NC)nc1)C(F)(F)F. The molecular weight excluding hydrogens is 553 g/mol. The molecule has 2 atom stereocenters. The Bertz CT molecular complexity index is 1350. The maximum atomic E-state index is 14.2. The smallest absolute Gasteiger partial charge is 0.429 e. The van der Waals surface area contributed by atoms with E-state index in [0.717, 1.165) is 12.4 Å². The number of anilines is 1. The molecule has 0 saturated carbocycles. The van der Waals surface area contributed by atoms with Crippen LogP contribution in [0.1, 0.15) is 36.9 Å². The predicted octanol–water partition coefficient (Wildman–Crippen LogP) is 4.83. The minimum atomic E-state index is -4.88. The minimum Gasteiger partial charge on any atom is -0.458 e. The molecule has 214 valence electrons. The van der Waals surface area contributed by atoms with Gasteiger partial charge in [-0.1, -0.05) is 38.7 Å². The number of hydrogen-bond acceptors (Lipinski definition) is 9. The molecule has 0 amide bonds. The van der Waals surface area contributed by atoms with Gasteiger partial charge < -0.3 is 14.8 Å². The average Bonchev–Trinajstić information content (AvgIpc) is 2.84. The molecular formula is C24H33F3N6O4SSi. The van der Waals surface area contributed by atoms with Crippen molar-refractivity contribution in [1.29, 1.82) is 0 Å². The van der Waals surface area contributed by atoms with Crippen LogP contribution in [0.15, 0.2) is 36.7 Å². The molecule has 0 aliphatic carbocycles. The van der Waals surface area contributed by atoms with Crippen LogP contribution >= 0.6 is 0 Å². The lowest BCUT2D eigenvalue weighted by atomic mass is 10.2. The zero-order valence-corrected chi connectivity index (χ0v) is 24.2. The molecule has 0 aliphatic rings. The van der Waals surface area contributed by atoms with Gasteiger partial charge in [-0.3, -0.25) is 0 Å². The number of aromatic nitrogens is 4. The molecule has 0 fully saturated rings. The van der Waals surface area contributed by atoms with Crippen LogP contribution in [0.3, 0.4) is 0 Å². The Kier molecular flexibility index (Phi) is 9.85. The number of fused-ring (bicyclic) bond motifs is 1. The lowest BCUT2D eigenvalue weighted by molar-refractivity contribution is -0.199. The number of para-hydroxylation sites is 2. The standard InChI is InChI=1S/C24H33F3N6O4SSi/c1-6-12-38(34,35)33-22(36-11-13-39(3,4)5)19-21(32-18-10-8-7-9-17(18)31-19)37-20(24(25,26)27)16-14-29-23(28-2)30-15-16/h7-10,14-15,20,22,33H,6,11-13H2,1-5H3,(H,28,29,30). The molecule has 0 aliphatic heterocycles. The zero-order valence-electron chi connectivity index (χ0n) is 22.4. The Morgan fingerprint density at radius 1 is 1.05 bits per heavy atom. The van der Waals surface area contributed by atoms with E-state index in [0.29, 0.717) is 18.0 Å². The second-order valence-electron chi connectivity index (χ2n) is 10.0. The van der Waals surface area contributed by atoms with E-state index >= 15 is 0 Å². The van der Waals surface area contributed by atoms with Gasteiger partial charge in [-0.2, -0.15) is 17.9 Å². The van der Waals surface area contributed by atoms with Crippen molar-refractivity contribution >= 4 is 35.1 Å². The highest BCUT2D eigenvalue weighted by atomic mass is 32.2. The van der Waals surface area contributed by atoms with Crippen molar-refractivity contribution in [2.75, 3.05) is 24.7 Å². The van der Waals surface area contributed by atoms with Gasteiger partial charge in [0.1, 0.15) is 5.69 Å². The average molecular weight is 587 g/mol. The molecule has 0 bridgehead atoms. The number of nitrogens with one attached hydrogen (secondary N) is 2. The normalized spacial score (nSPS) is 14.3. The van der Waals surface area contributed by atoms with Crippen molar-refractivity contribution < 1.29 is 31.1 Å². The van der Waals surface area contributed by atoms with Gasteiger partial charge >= 0.3 is 6.18 Å². The maximum absolute atomic E-state index is 14.2. The summed E-state index contributed by atoms with van der Waals surface area (Å²) in [6.07, 6.45) is -6.50. The fraction of sp³-hybridized carbons (Fsp3) is 0.500. The van der Waals surface area contributed by atoms with Crippen molar-refractivity contribution in [3.63, 3.8) is 0 Å². The fourth-order valence-corrected chi connectivity index (χ4v) is 5.33. The Labute approximate surface area is 226 Å². The first-order chi connectivity index (χ1) is 18.2. The van der Waals surface area contributed by atoms with Crippen molar-refractivity contribution in [2.45, 2.75) is 57.5 Å². The van der Waals surface area contributed by atoms with Crippen molar-refractivity contribution in [3.8, 4) is 5.88 Å². The van der Waals surface area contributed by atoms with Crippen molar-refractivity contribution in [3.05, 3.63) is 47.9 Å². The van der Waals surface area contributed by atoms with E-state index < -0.39 is 42.5 Å². The summed E-state index contributed by atoms with van der Waals surface area (Å²) in [5.41, 5.74) is 0.00552. The summed E-state index contributed by atoms with van der Waals surface area (Å²) >= 11 is 0. The number of ether oxygens (including phenoxy) is 2. The number of rotatable bonds is 13. The highest BCUT2D eigenvalue weighted by Gasteiger charge is 2.45. The van der Waals surface area contributed by atoms with Crippen LogP contribution in [0.5, 0.6) is 5.88 Å². The molecule has 10 nitrogen and oxygen atoms in total. The van der Waals surface area contributed by atoms with Gasteiger partial charge in [0.25, 0.3) is 0 Å². The van der Waals surface area contributed by atoms with Crippen LogP contribution in [0.25, 0.3) is 11.0 Å². The van der Waals surface area contributed by atoms with Gasteiger partial charge in [0.15, 0.2) is 6.23 Å². The monoisotopic (exact) mass is 586 g/mol. The Morgan fingerprint density at radius 2 is 1.67 bits per heavy atom. The molecule has 15 heteroatoms. The second-order valence-corrected chi connectivity index (χ2v) is 17.5. The van der Waals surface area contributed by atoms with Crippen LogP contribution in [0.2, 0.25) is 25.7 Å². The molecule has 3 aromatic rings. The lowest BCUT2D eigenvalue weighted by Gasteiger charge is -2.26. The summed E-state index contributed by atoms with van der Waals surface area (Å²) in [4.78, 5) is 16.5. The van der Waals surface area contributed by atoms with E-state index in [1.165, 1.54) is 7.05 Å². The number of sulfonamides is 1. The Balaban J connectivity index is 2.12. The summed E-state index contributed by atoms with van der Waals surface area (Å²) < 4.78 is 82.0. The van der Waals surface area contributed by atoms with E-state index in [4.69, 9.17) is 9.47 Å². The highest BCUT2D eigenvalue weighted by Crippen LogP contribution is 2.38. The van der Waals surface area contributed by atoms with Gasteiger partial charge in [-0.15, -0.1) is 0 Å². The molecule has 2 N–H and O–H groups in total. The molecule has 0 radical (unpaired) electrons. The predicted molar refractivity (Wildman–Crippen MR) is 145 cm³/mol. The van der Waals surface area contributed by atoms with Gasteiger partial charge in [0.2, 0.25) is 28.0 Å². The first-order valence-corrected chi connectivity index (χ1v) is 17.7. The second kappa shape index (κ2) is 12.5. The van der Waals surface area contributed by atoms with Crippen LogP contribution in [0, 0.1) is 0 Å². The number of nitrogens with zero attached hydrogens (tertiary/aromatic N) is 4. The van der Waals surface area contributed by atoms with Gasteiger partial charge in [0.05, 0.1) is 16.8 Å². The first kappa shape index (κ1) is 30.7. The number of alkyl halides is 3. The topological polar surface area (TPSA) is 128 Å². The van der Waals surface area contributed by atoms with Crippen LogP contribution < -0.4 is 14.8 Å². The van der Waals surface area contributed by atoms with E-state index in [2.05, 4.69) is 49.6 Å². The maximum Gasteiger partial charge on any atom is 0.429 e. The van der Waals surface area contributed by atoms with E-state index in [1.54, 1.807) is 31.2 Å². The molecule has 2 aromatic heterocycles. The number of benzene rings is 1. The molecule has 2 heterocycles. The summed E-state index contributed by atoms with van der Waals surface area (Å²) in [5.74, 6) is -0.601. The van der Waals surface area contributed by atoms with E-state index in [-0.39, 0.29) is 35.1 Å². The summed E-state index contributed by atoms with van der Waals surface area (Å²) in [6, 6.07) is 7.19. The molecule has 0 saturated heterocycles. The van der Waals surface area contributed by atoms with Crippen molar-refractivity contribution in [2.24, 2.45) is 0 Å². The third-order valence-electron chi connectivity index (χ3n) is 5.43. The molecule has 2 unspecified atom stereocenters. The largest absolute Gasteiger partial charge is 0.458 e. The fourth-order valence-electron chi connectivity index (χ4n) is 3.44. The Morgan fingerprint density at radius 3 is 2.21 bits per heavy atom. The van der Waals surface area contributed by atoms with Crippen LogP contribution in [-0.2, 0) is 14.8 Å². The van der Waals surface area contributed by atoms with Crippen molar-refractivity contribution in [1.82, 2.24) is 24.7 Å². The molecule has 1 aromatic carbocycles. The highest BCUT2D eigenvalue weighted by molar-refractivity contribution is 7.89. The number of hydrogen-bond donors (Lipinski definition) is 2. The summed E-state index contributed by atoms with van der Waals surface area (Å²) in [7, 11) is -3.93. The molecule has 3 rings (SSSR count).